The highest BCUT2D eigenvalue weighted by molar-refractivity contribution is 5.31. The molecule has 23 heavy (non-hydrogen) atoms. The van der Waals surface area contributed by atoms with E-state index in [9.17, 15) is 5.11 Å². The molecule has 0 bridgehead atoms. The summed E-state index contributed by atoms with van der Waals surface area (Å²) in [6, 6.07) is 7.58. The van der Waals surface area contributed by atoms with Gasteiger partial charge in [0.15, 0.2) is 0 Å². The minimum absolute atomic E-state index is 0.0449. The van der Waals surface area contributed by atoms with Gasteiger partial charge in [-0.2, -0.15) is 0 Å². The summed E-state index contributed by atoms with van der Waals surface area (Å²) in [7, 11) is 0. The first kappa shape index (κ1) is 16.0. The minimum Gasteiger partial charge on any atom is -0.508 e. The highest BCUT2D eigenvalue weighted by Crippen LogP contribution is 2.28. The van der Waals surface area contributed by atoms with Crippen LogP contribution in [0.1, 0.15) is 43.9 Å². The van der Waals surface area contributed by atoms with Gasteiger partial charge in [0.05, 0.1) is 19.3 Å². The van der Waals surface area contributed by atoms with Crippen LogP contribution in [0.3, 0.4) is 0 Å². The third-order valence-corrected chi connectivity index (χ3v) is 4.32. The van der Waals surface area contributed by atoms with Gasteiger partial charge in [-0.25, -0.2) is 4.98 Å². The van der Waals surface area contributed by atoms with E-state index in [2.05, 4.69) is 35.6 Å². The Hall–Kier alpha value is -1.85. The Labute approximate surface area is 137 Å². The van der Waals surface area contributed by atoms with E-state index in [1.54, 1.807) is 6.07 Å². The first-order valence-corrected chi connectivity index (χ1v) is 8.09. The van der Waals surface area contributed by atoms with Crippen molar-refractivity contribution in [2.75, 3.05) is 19.8 Å². The molecule has 1 saturated heterocycles. The smallest absolute Gasteiger partial charge is 0.126 e. The van der Waals surface area contributed by atoms with Crippen LogP contribution in [0.5, 0.6) is 5.75 Å². The third-order valence-electron chi connectivity index (χ3n) is 4.32. The van der Waals surface area contributed by atoms with Crippen molar-refractivity contribution >= 4 is 0 Å². The number of ether oxygens (including phenoxy) is 1. The van der Waals surface area contributed by atoms with Crippen molar-refractivity contribution in [2.24, 2.45) is 0 Å². The van der Waals surface area contributed by atoms with Crippen LogP contribution in [-0.2, 0) is 16.7 Å². The number of benzene rings is 1. The van der Waals surface area contributed by atoms with Gasteiger partial charge < -0.3 is 14.8 Å². The number of aromatic hydroxyl groups is 1. The maximum Gasteiger partial charge on any atom is 0.126 e. The van der Waals surface area contributed by atoms with Crippen LogP contribution < -0.4 is 0 Å². The van der Waals surface area contributed by atoms with E-state index in [0.717, 1.165) is 23.6 Å². The fraction of sp³-hybridized carbons (Fsp3) is 0.500. The van der Waals surface area contributed by atoms with E-state index in [1.165, 1.54) is 0 Å². The summed E-state index contributed by atoms with van der Waals surface area (Å²) >= 11 is 0. The number of hydrogen-bond acceptors (Lipinski definition) is 4. The number of phenolic OH excluding ortho intramolecular Hbond substituents is 1. The van der Waals surface area contributed by atoms with Crippen molar-refractivity contribution in [3.05, 3.63) is 47.5 Å². The normalized spacial score (nSPS) is 19.9. The monoisotopic (exact) mass is 315 g/mol. The van der Waals surface area contributed by atoms with Crippen LogP contribution in [0.2, 0.25) is 0 Å². The largest absolute Gasteiger partial charge is 0.508 e. The summed E-state index contributed by atoms with van der Waals surface area (Å²) < 4.78 is 5.67. The molecule has 5 heteroatoms. The molecule has 2 aromatic rings. The van der Waals surface area contributed by atoms with Gasteiger partial charge in [-0.1, -0.05) is 39.0 Å². The summed E-state index contributed by atoms with van der Waals surface area (Å²) in [5, 5.41) is 10.0. The van der Waals surface area contributed by atoms with E-state index in [4.69, 9.17) is 4.74 Å². The Kier molecular flexibility index (Phi) is 4.41. The molecular weight excluding hydrogens is 290 g/mol. The number of morpholine rings is 1. The molecule has 1 unspecified atom stereocenters. The summed E-state index contributed by atoms with van der Waals surface area (Å²) in [5.74, 6) is 1.28. The number of H-pyrrole nitrogens is 1. The fourth-order valence-corrected chi connectivity index (χ4v) is 2.83. The molecule has 3 rings (SSSR count). The second-order valence-electron chi connectivity index (χ2n) is 7.12. The maximum atomic E-state index is 10.0. The van der Waals surface area contributed by atoms with Gasteiger partial charge in [0.2, 0.25) is 0 Å². The topological polar surface area (TPSA) is 61.4 Å². The number of imidazole rings is 1. The van der Waals surface area contributed by atoms with E-state index < -0.39 is 0 Å². The molecule has 0 saturated carbocycles. The lowest BCUT2D eigenvalue weighted by atomic mass is 9.93. The lowest BCUT2D eigenvalue weighted by Crippen LogP contribution is -2.39. The van der Waals surface area contributed by atoms with Crippen LogP contribution >= 0.6 is 0 Å². The third kappa shape index (κ3) is 3.57. The van der Waals surface area contributed by atoms with Gasteiger partial charge in [0.25, 0.3) is 0 Å². The number of aromatic nitrogens is 2. The first-order chi connectivity index (χ1) is 10.9. The van der Waals surface area contributed by atoms with Crippen LogP contribution in [0.15, 0.2) is 30.5 Å². The molecule has 1 atom stereocenters. The van der Waals surface area contributed by atoms with Crippen molar-refractivity contribution in [2.45, 2.75) is 38.8 Å². The number of aromatic amines is 1. The van der Waals surface area contributed by atoms with Gasteiger partial charge in [0.1, 0.15) is 11.6 Å². The lowest BCUT2D eigenvalue weighted by Gasteiger charge is -2.34. The van der Waals surface area contributed by atoms with Gasteiger partial charge in [0, 0.05) is 36.0 Å². The Morgan fingerprint density at radius 3 is 2.83 bits per heavy atom. The second-order valence-corrected chi connectivity index (χ2v) is 7.12. The summed E-state index contributed by atoms with van der Waals surface area (Å²) in [6.45, 7) is 9.34. The zero-order valence-electron chi connectivity index (χ0n) is 14.0. The molecule has 5 nitrogen and oxygen atoms in total. The van der Waals surface area contributed by atoms with Crippen molar-refractivity contribution < 1.29 is 9.84 Å². The molecule has 124 valence electrons. The zero-order valence-corrected chi connectivity index (χ0v) is 14.0. The summed E-state index contributed by atoms with van der Waals surface area (Å²) in [4.78, 5) is 10.3. The van der Waals surface area contributed by atoms with Crippen molar-refractivity contribution in [1.29, 1.82) is 0 Å². The average Bonchev–Trinajstić information content (AvgIpc) is 3.00. The number of nitrogens with zero attached hydrogens (tertiary/aromatic N) is 2. The molecule has 2 N–H and O–H groups in total. The molecule has 1 fully saturated rings. The maximum absolute atomic E-state index is 10.0. The molecule has 1 aromatic heterocycles. The lowest BCUT2D eigenvalue weighted by molar-refractivity contribution is -0.0159. The fourth-order valence-electron chi connectivity index (χ4n) is 2.83. The molecule has 1 aliphatic heterocycles. The van der Waals surface area contributed by atoms with Gasteiger partial charge in [-0.3, -0.25) is 4.90 Å². The minimum atomic E-state index is 0.0449. The number of para-hydroxylation sites is 1. The van der Waals surface area contributed by atoms with E-state index in [1.807, 2.05) is 24.4 Å². The molecule has 1 aliphatic rings. The molecular formula is C18H25N3O2. The van der Waals surface area contributed by atoms with Crippen LogP contribution in [-0.4, -0.2) is 39.7 Å². The Morgan fingerprint density at radius 1 is 1.35 bits per heavy atom. The standard InChI is InChI=1S/C18H25N3O2/c1-18(2,3)16-10-19-17(20-16)14-12-23-9-8-21(14)11-13-6-4-5-7-15(13)22/h4-7,10,14,22H,8-9,11-12H2,1-3H3,(H,19,20). The van der Waals surface area contributed by atoms with Crippen molar-refractivity contribution in [3.8, 4) is 5.75 Å². The van der Waals surface area contributed by atoms with Crippen molar-refractivity contribution in [1.82, 2.24) is 14.9 Å². The number of phenols is 1. The number of nitrogens with one attached hydrogen (secondary N) is 1. The second kappa shape index (κ2) is 6.34. The highest BCUT2D eigenvalue weighted by Gasteiger charge is 2.28. The molecule has 0 radical (unpaired) electrons. The number of rotatable bonds is 3. The Bertz CT molecular complexity index is 660. The Balaban J connectivity index is 1.82. The van der Waals surface area contributed by atoms with Gasteiger partial charge in [-0.15, -0.1) is 0 Å². The van der Waals surface area contributed by atoms with Gasteiger partial charge >= 0.3 is 0 Å². The SMILES string of the molecule is CC(C)(C)c1cnc(C2COCCN2Cc2ccccc2O)[nH]1. The highest BCUT2D eigenvalue weighted by atomic mass is 16.5. The zero-order chi connectivity index (χ0) is 16.4. The predicted molar refractivity (Wildman–Crippen MR) is 89.4 cm³/mol. The van der Waals surface area contributed by atoms with E-state index in [-0.39, 0.29) is 11.5 Å². The molecule has 0 spiro atoms. The van der Waals surface area contributed by atoms with Crippen LogP contribution in [0.4, 0.5) is 0 Å². The van der Waals surface area contributed by atoms with E-state index >= 15 is 0 Å². The average molecular weight is 315 g/mol. The van der Waals surface area contributed by atoms with Crippen LogP contribution in [0, 0.1) is 0 Å². The molecule has 1 aromatic carbocycles. The first-order valence-electron chi connectivity index (χ1n) is 8.09. The Morgan fingerprint density at radius 2 is 2.13 bits per heavy atom. The molecule has 0 amide bonds. The number of hydrogen-bond donors (Lipinski definition) is 2. The van der Waals surface area contributed by atoms with Gasteiger partial charge in [-0.05, 0) is 6.07 Å². The quantitative estimate of drug-likeness (QED) is 0.914. The summed E-state index contributed by atoms with van der Waals surface area (Å²) in [6.07, 6.45) is 1.92. The molecule has 2 heterocycles. The van der Waals surface area contributed by atoms with E-state index in [0.29, 0.717) is 25.5 Å². The molecule has 0 aliphatic carbocycles. The van der Waals surface area contributed by atoms with Crippen LogP contribution in [0.25, 0.3) is 0 Å². The predicted octanol–water partition coefficient (Wildman–Crippen LogP) is 2.99. The summed E-state index contributed by atoms with van der Waals surface area (Å²) in [5.41, 5.74) is 2.10. The van der Waals surface area contributed by atoms with Crippen molar-refractivity contribution in [3.63, 3.8) is 0 Å².